The van der Waals surface area contributed by atoms with E-state index in [1.165, 1.54) is 17.0 Å². The molecule has 0 saturated heterocycles. The summed E-state index contributed by atoms with van der Waals surface area (Å²) in [5.41, 5.74) is 1.82. The second-order valence-corrected chi connectivity index (χ2v) is 5.89. The van der Waals surface area contributed by atoms with Gasteiger partial charge in [-0.05, 0) is 48.7 Å². The molecule has 19 heavy (non-hydrogen) atoms. The number of anilines is 2. The summed E-state index contributed by atoms with van der Waals surface area (Å²) >= 11 is 3.31. The van der Waals surface area contributed by atoms with E-state index in [1.807, 2.05) is 6.07 Å². The Labute approximate surface area is 118 Å². The van der Waals surface area contributed by atoms with Gasteiger partial charge >= 0.3 is 0 Å². The maximum absolute atomic E-state index is 12.8. The van der Waals surface area contributed by atoms with Crippen LogP contribution < -0.4 is 5.32 Å². The van der Waals surface area contributed by atoms with Gasteiger partial charge < -0.3 is 5.32 Å². The molecule has 0 unspecified atom stereocenters. The predicted molar refractivity (Wildman–Crippen MR) is 81.1 cm³/mol. The fourth-order valence-electron chi connectivity index (χ4n) is 1.74. The summed E-state index contributed by atoms with van der Waals surface area (Å²) in [5.74, 6) is -0.237. The molecule has 0 fully saturated rings. The third kappa shape index (κ3) is 2.72. The molecule has 0 aliphatic rings. The van der Waals surface area contributed by atoms with Gasteiger partial charge in [0.15, 0.2) is 5.13 Å². The summed E-state index contributed by atoms with van der Waals surface area (Å²) in [6.45, 7) is 0. The number of hydrogen-bond donors (Lipinski definition) is 1. The third-order valence-electron chi connectivity index (χ3n) is 2.69. The van der Waals surface area contributed by atoms with Crippen LogP contribution in [0.3, 0.4) is 0 Å². The summed E-state index contributed by atoms with van der Waals surface area (Å²) in [5, 5.41) is 4.01. The zero-order valence-corrected chi connectivity index (χ0v) is 11.8. The van der Waals surface area contributed by atoms with Gasteiger partial charge in [0.1, 0.15) is 5.82 Å². The number of benzene rings is 2. The van der Waals surface area contributed by atoms with Crippen LogP contribution in [-0.4, -0.2) is 11.2 Å². The Kier molecular flexibility index (Phi) is 3.40. The lowest BCUT2D eigenvalue weighted by molar-refractivity contribution is 0.628. The second kappa shape index (κ2) is 5.19. The van der Waals surface area contributed by atoms with Gasteiger partial charge in [0.05, 0.1) is 10.2 Å². The number of halogens is 1. The van der Waals surface area contributed by atoms with Crippen molar-refractivity contribution < 1.29 is 4.39 Å². The molecule has 0 atom stereocenters. The molecule has 5 heteroatoms. The van der Waals surface area contributed by atoms with E-state index < -0.39 is 0 Å². The molecule has 0 bridgehead atoms. The Balaban J connectivity index is 1.90. The normalized spacial score (nSPS) is 10.8. The number of fused-ring (bicyclic) bond motifs is 1. The first-order valence-corrected chi connectivity index (χ1v) is 7.76. The molecule has 96 valence electrons. The van der Waals surface area contributed by atoms with E-state index in [2.05, 4.69) is 28.7 Å². The minimum Gasteiger partial charge on any atom is -0.332 e. The van der Waals surface area contributed by atoms with E-state index in [0.29, 0.717) is 0 Å². The highest BCUT2D eigenvalue weighted by Crippen LogP contribution is 2.30. The number of nitrogens with one attached hydrogen (secondary N) is 1. The molecule has 0 aliphatic heterocycles. The van der Waals surface area contributed by atoms with E-state index in [9.17, 15) is 4.39 Å². The van der Waals surface area contributed by atoms with E-state index in [0.717, 1.165) is 21.0 Å². The van der Waals surface area contributed by atoms with Crippen LogP contribution in [0.4, 0.5) is 15.2 Å². The number of thiazole rings is 1. The van der Waals surface area contributed by atoms with Crippen molar-refractivity contribution in [2.75, 3.05) is 11.6 Å². The van der Waals surface area contributed by atoms with Crippen molar-refractivity contribution in [3.05, 3.63) is 48.3 Å². The quantitative estimate of drug-likeness (QED) is 0.694. The van der Waals surface area contributed by atoms with E-state index >= 15 is 0 Å². The van der Waals surface area contributed by atoms with E-state index in [-0.39, 0.29) is 5.82 Å². The summed E-state index contributed by atoms with van der Waals surface area (Å²) in [6.07, 6.45) is 2.06. The topological polar surface area (TPSA) is 24.9 Å². The molecule has 1 aromatic heterocycles. The van der Waals surface area contributed by atoms with Gasteiger partial charge in [-0.2, -0.15) is 0 Å². The van der Waals surface area contributed by atoms with E-state index in [1.54, 1.807) is 35.2 Å². The highest BCUT2D eigenvalue weighted by atomic mass is 32.2. The second-order valence-electron chi connectivity index (χ2n) is 3.98. The first-order valence-electron chi connectivity index (χ1n) is 5.72. The van der Waals surface area contributed by atoms with Gasteiger partial charge in [-0.25, -0.2) is 9.37 Å². The minimum absolute atomic E-state index is 0.237. The van der Waals surface area contributed by atoms with Gasteiger partial charge in [-0.1, -0.05) is 11.3 Å². The predicted octanol–water partition coefficient (Wildman–Crippen LogP) is 4.90. The van der Waals surface area contributed by atoms with Gasteiger partial charge in [-0.15, -0.1) is 11.8 Å². The van der Waals surface area contributed by atoms with Crippen molar-refractivity contribution in [3.63, 3.8) is 0 Å². The monoisotopic (exact) mass is 290 g/mol. The number of rotatable bonds is 3. The van der Waals surface area contributed by atoms with Crippen LogP contribution in [0.25, 0.3) is 10.2 Å². The lowest BCUT2D eigenvalue weighted by atomic mass is 10.3. The van der Waals surface area contributed by atoms with Crippen molar-refractivity contribution in [1.29, 1.82) is 0 Å². The van der Waals surface area contributed by atoms with Crippen LogP contribution in [0, 0.1) is 5.82 Å². The SMILES string of the molecule is CSc1ccc2nc(Nc3ccc(F)cc3)sc2c1. The van der Waals surface area contributed by atoms with Gasteiger partial charge in [0.25, 0.3) is 0 Å². The lowest BCUT2D eigenvalue weighted by Gasteiger charge is -2.00. The summed E-state index contributed by atoms with van der Waals surface area (Å²) < 4.78 is 14.0. The molecule has 3 aromatic rings. The van der Waals surface area contributed by atoms with Crippen molar-refractivity contribution >= 4 is 44.1 Å². The molecule has 3 rings (SSSR count). The van der Waals surface area contributed by atoms with Gasteiger partial charge in [0, 0.05) is 10.6 Å². The Hall–Kier alpha value is -1.59. The molecular formula is C14H11FN2S2. The van der Waals surface area contributed by atoms with Crippen LogP contribution in [0.5, 0.6) is 0 Å². The highest BCUT2D eigenvalue weighted by molar-refractivity contribution is 7.98. The Morgan fingerprint density at radius 3 is 2.68 bits per heavy atom. The molecule has 0 radical (unpaired) electrons. The Morgan fingerprint density at radius 1 is 1.16 bits per heavy atom. The zero-order valence-electron chi connectivity index (χ0n) is 10.2. The molecule has 0 aliphatic carbocycles. The van der Waals surface area contributed by atoms with Crippen molar-refractivity contribution in [3.8, 4) is 0 Å². The maximum Gasteiger partial charge on any atom is 0.188 e. The Morgan fingerprint density at radius 2 is 1.95 bits per heavy atom. The van der Waals surface area contributed by atoms with E-state index in [4.69, 9.17) is 0 Å². The fourth-order valence-corrected chi connectivity index (χ4v) is 3.18. The molecule has 1 heterocycles. The average Bonchev–Trinajstić information content (AvgIpc) is 2.82. The molecule has 0 spiro atoms. The third-order valence-corrected chi connectivity index (χ3v) is 4.35. The van der Waals surface area contributed by atoms with Crippen molar-refractivity contribution in [2.24, 2.45) is 0 Å². The number of aromatic nitrogens is 1. The smallest absolute Gasteiger partial charge is 0.188 e. The maximum atomic E-state index is 12.8. The first kappa shape index (κ1) is 12.4. The summed E-state index contributed by atoms with van der Waals surface area (Å²) in [7, 11) is 0. The number of nitrogens with zero attached hydrogens (tertiary/aromatic N) is 1. The Bertz CT molecular complexity index is 707. The van der Waals surface area contributed by atoms with Crippen LogP contribution in [0.1, 0.15) is 0 Å². The van der Waals surface area contributed by atoms with Gasteiger partial charge in [-0.3, -0.25) is 0 Å². The molecular weight excluding hydrogens is 279 g/mol. The summed E-state index contributed by atoms with van der Waals surface area (Å²) in [6, 6.07) is 12.5. The van der Waals surface area contributed by atoms with Crippen molar-refractivity contribution in [1.82, 2.24) is 4.98 Å². The standard InChI is InChI=1S/C14H11FN2S2/c1-18-11-6-7-12-13(8-11)19-14(17-12)16-10-4-2-9(15)3-5-10/h2-8H,1H3,(H,16,17). The van der Waals surface area contributed by atoms with Crippen LogP contribution >= 0.6 is 23.1 Å². The first-order chi connectivity index (χ1) is 9.24. The fraction of sp³-hybridized carbons (Fsp3) is 0.0714. The molecule has 2 aromatic carbocycles. The molecule has 0 amide bonds. The van der Waals surface area contributed by atoms with Gasteiger partial charge in [0.2, 0.25) is 0 Å². The molecule has 0 saturated carbocycles. The number of thioether (sulfide) groups is 1. The number of hydrogen-bond acceptors (Lipinski definition) is 4. The highest BCUT2D eigenvalue weighted by Gasteiger charge is 2.05. The zero-order chi connectivity index (χ0) is 13.2. The minimum atomic E-state index is -0.237. The van der Waals surface area contributed by atoms with Crippen LogP contribution in [-0.2, 0) is 0 Å². The van der Waals surface area contributed by atoms with Crippen molar-refractivity contribution in [2.45, 2.75) is 4.90 Å². The van der Waals surface area contributed by atoms with Crippen LogP contribution in [0.2, 0.25) is 0 Å². The lowest BCUT2D eigenvalue weighted by Crippen LogP contribution is -1.88. The molecule has 2 nitrogen and oxygen atoms in total. The molecule has 1 N–H and O–H groups in total. The largest absolute Gasteiger partial charge is 0.332 e. The summed E-state index contributed by atoms with van der Waals surface area (Å²) in [4.78, 5) is 5.74. The average molecular weight is 290 g/mol. The van der Waals surface area contributed by atoms with Crippen LogP contribution in [0.15, 0.2) is 47.4 Å².